The molecule has 5 nitrogen and oxygen atoms in total. The van der Waals surface area contributed by atoms with Crippen LogP contribution in [-0.2, 0) is 0 Å². The molecule has 0 spiro atoms. The lowest BCUT2D eigenvalue weighted by Crippen LogP contribution is -2.21. The van der Waals surface area contributed by atoms with Crippen molar-refractivity contribution in [3.8, 4) is 0 Å². The van der Waals surface area contributed by atoms with E-state index in [1.165, 1.54) is 0 Å². The Balaban J connectivity index is 1.72. The molecule has 0 amide bonds. The molecule has 2 aromatic heterocycles. The van der Waals surface area contributed by atoms with E-state index >= 15 is 0 Å². The van der Waals surface area contributed by atoms with Gasteiger partial charge in [0.25, 0.3) is 0 Å². The van der Waals surface area contributed by atoms with Crippen LogP contribution in [0.1, 0.15) is 12.8 Å². The molecule has 90 valence electrons. The largest absolute Gasteiger partial charge is 0.391 e. The Morgan fingerprint density at radius 1 is 1.53 bits per heavy atom. The van der Waals surface area contributed by atoms with Crippen molar-refractivity contribution in [1.82, 2.24) is 14.6 Å². The Labute approximate surface area is 107 Å². The molecule has 0 bridgehead atoms. The van der Waals surface area contributed by atoms with Gasteiger partial charge in [0.15, 0.2) is 5.65 Å². The van der Waals surface area contributed by atoms with E-state index in [0.29, 0.717) is 18.4 Å². The number of pyridine rings is 1. The molecule has 1 unspecified atom stereocenters. The van der Waals surface area contributed by atoms with Crippen LogP contribution < -0.4 is 5.32 Å². The second kappa shape index (κ2) is 4.27. The first-order valence-electron chi connectivity index (χ1n) is 5.66. The molecule has 17 heavy (non-hydrogen) atoms. The highest BCUT2D eigenvalue weighted by Gasteiger charge is 2.29. The first-order valence-corrected chi connectivity index (χ1v) is 6.45. The summed E-state index contributed by atoms with van der Waals surface area (Å²) in [5.74, 6) is 1.02. The standard InChI is InChI=1S/C11H13BrN4O/c12-8-3-4-10-14-11(15-16(10)6-8)13-5-9(17)7-1-2-7/h3-4,6-7,9,17H,1-2,5H2,(H,13,15). The Kier molecular flexibility index (Phi) is 2.76. The van der Waals surface area contributed by atoms with E-state index in [1.54, 1.807) is 4.52 Å². The van der Waals surface area contributed by atoms with Gasteiger partial charge < -0.3 is 10.4 Å². The van der Waals surface area contributed by atoms with Crippen molar-refractivity contribution < 1.29 is 5.11 Å². The Morgan fingerprint density at radius 3 is 3.12 bits per heavy atom. The molecule has 2 aromatic rings. The van der Waals surface area contributed by atoms with Crippen molar-refractivity contribution in [2.24, 2.45) is 5.92 Å². The molecule has 0 saturated heterocycles. The number of halogens is 1. The third-order valence-electron chi connectivity index (χ3n) is 2.93. The monoisotopic (exact) mass is 296 g/mol. The van der Waals surface area contributed by atoms with Gasteiger partial charge in [-0.15, -0.1) is 5.10 Å². The van der Waals surface area contributed by atoms with E-state index in [0.717, 1.165) is 23.0 Å². The number of nitrogens with zero attached hydrogens (tertiary/aromatic N) is 3. The number of hydrogen-bond donors (Lipinski definition) is 2. The molecule has 0 aromatic carbocycles. The SMILES string of the molecule is OC(CNc1nc2ccc(Br)cn2n1)C1CC1. The van der Waals surface area contributed by atoms with Crippen LogP contribution in [0.2, 0.25) is 0 Å². The highest BCUT2D eigenvalue weighted by molar-refractivity contribution is 9.10. The molecule has 0 radical (unpaired) electrons. The van der Waals surface area contributed by atoms with Crippen LogP contribution in [0.4, 0.5) is 5.95 Å². The lowest BCUT2D eigenvalue weighted by molar-refractivity contribution is 0.164. The Hall–Kier alpha value is -1.14. The highest BCUT2D eigenvalue weighted by Crippen LogP contribution is 2.32. The topological polar surface area (TPSA) is 62.5 Å². The van der Waals surface area contributed by atoms with Crippen LogP contribution in [0.3, 0.4) is 0 Å². The first kappa shape index (κ1) is 11.0. The van der Waals surface area contributed by atoms with Gasteiger partial charge >= 0.3 is 0 Å². The molecule has 6 heteroatoms. The van der Waals surface area contributed by atoms with Crippen molar-refractivity contribution in [1.29, 1.82) is 0 Å². The third-order valence-corrected chi connectivity index (χ3v) is 3.40. The van der Waals surface area contributed by atoms with Crippen molar-refractivity contribution >= 4 is 27.5 Å². The van der Waals surface area contributed by atoms with Gasteiger partial charge in [0, 0.05) is 17.2 Å². The normalized spacial score (nSPS) is 17.3. The maximum Gasteiger partial charge on any atom is 0.243 e. The van der Waals surface area contributed by atoms with Gasteiger partial charge in [-0.25, -0.2) is 4.52 Å². The number of aliphatic hydroxyl groups is 1. The minimum Gasteiger partial charge on any atom is -0.391 e. The number of hydrogen-bond acceptors (Lipinski definition) is 4. The molecule has 2 N–H and O–H groups in total. The minimum absolute atomic E-state index is 0.284. The summed E-state index contributed by atoms with van der Waals surface area (Å²) >= 11 is 3.38. The van der Waals surface area contributed by atoms with Crippen LogP contribution in [0.15, 0.2) is 22.8 Å². The van der Waals surface area contributed by atoms with Crippen LogP contribution in [0.5, 0.6) is 0 Å². The van der Waals surface area contributed by atoms with E-state index in [-0.39, 0.29) is 6.10 Å². The second-order valence-corrected chi connectivity index (χ2v) is 5.29. The molecule has 1 aliphatic carbocycles. The van der Waals surface area contributed by atoms with E-state index < -0.39 is 0 Å². The van der Waals surface area contributed by atoms with Crippen molar-refractivity contribution in [2.45, 2.75) is 18.9 Å². The summed E-state index contributed by atoms with van der Waals surface area (Å²) < 4.78 is 2.66. The zero-order valence-corrected chi connectivity index (χ0v) is 10.8. The molecule has 1 fully saturated rings. The Bertz CT molecular complexity index is 537. The molecule has 1 atom stereocenters. The van der Waals surface area contributed by atoms with Gasteiger partial charge in [-0.3, -0.25) is 0 Å². The zero-order valence-electron chi connectivity index (χ0n) is 9.17. The lowest BCUT2D eigenvalue weighted by atomic mass is 10.2. The summed E-state index contributed by atoms with van der Waals surface area (Å²) in [5, 5.41) is 17.1. The summed E-state index contributed by atoms with van der Waals surface area (Å²) in [6.45, 7) is 0.517. The summed E-state index contributed by atoms with van der Waals surface area (Å²) in [6, 6.07) is 3.81. The fourth-order valence-corrected chi connectivity index (χ4v) is 2.10. The summed E-state index contributed by atoms with van der Waals surface area (Å²) in [6.07, 6.45) is 3.83. The van der Waals surface area contributed by atoms with Gasteiger partial charge in [0.1, 0.15) is 0 Å². The van der Waals surface area contributed by atoms with E-state index in [1.807, 2.05) is 18.3 Å². The number of rotatable bonds is 4. The van der Waals surface area contributed by atoms with Crippen LogP contribution >= 0.6 is 15.9 Å². The quantitative estimate of drug-likeness (QED) is 0.901. The summed E-state index contributed by atoms with van der Waals surface area (Å²) in [7, 11) is 0. The molecule has 1 saturated carbocycles. The van der Waals surface area contributed by atoms with Crippen molar-refractivity contribution in [3.05, 3.63) is 22.8 Å². The second-order valence-electron chi connectivity index (χ2n) is 4.37. The fourth-order valence-electron chi connectivity index (χ4n) is 1.78. The summed E-state index contributed by atoms with van der Waals surface area (Å²) in [4.78, 5) is 4.31. The molecular formula is C11H13BrN4O. The van der Waals surface area contributed by atoms with Crippen molar-refractivity contribution in [3.63, 3.8) is 0 Å². The third kappa shape index (κ3) is 2.42. The zero-order chi connectivity index (χ0) is 11.8. The average molecular weight is 297 g/mol. The van der Waals surface area contributed by atoms with Gasteiger partial charge in [0.05, 0.1) is 6.10 Å². The molecule has 1 aliphatic rings. The maximum absolute atomic E-state index is 9.74. The number of anilines is 1. The number of aromatic nitrogens is 3. The van der Waals surface area contributed by atoms with Gasteiger partial charge in [-0.05, 0) is 46.8 Å². The van der Waals surface area contributed by atoms with Crippen LogP contribution in [-0.4, -0.2) is 32.4 Å². The van der Waals surface area contributed by atoms with Gasteiger partial charge in [-0.1, -0.05) is 0 Å². The lowest BCUT2D eigenvalue weighted by Gasteiger charge is -2.08. The van der Waals surface area contributed by atoms with E-state index in [4.69, 9.17) is 0 Å². The number of fused-ring (bicyclic) bond motifs is 1. The van der Waals surface area contributed by atoms with Gasteiger partial charge in [0.2, 0.25) is 5.95 Å². The fraction of sp³-hybridized carbons (Fsp3) is 0.455. The van der Waals surface area contributed by atoms with Crippen LogP contribution in [0.25, 0.3) is 5.65 Å². The number of aliphatic hydroxyl groups excluding tert-OH is 1. The number of nitrogens with one attached hydrogen (secondary N) is 1. The molecule has 3 rings (SSSR count). The maximum atomic E-state index is 9.74. The van der Waals surface area contributed by atoms with Crippen LogP contribution in [0, 0.1) is 5.92 Å². The molecular weight excluding hydrogens is 284 g/mol. The Morgan fingerprint density at radius 2 is 2.35 bits per heavy atom. The predicted octanol–water partition coefficient (Wildman–Crippen LogP) is 1.67. The predicted molar refractivity (Wildman–Crippen MR) is 67.9 cm³/mol. The van der Waals surface area contributed by atoms with E-state index in [9.17, 15) is 5.11 Å². The summed E-state index contributed by atoms with van der Waals surface area (Å²) in [5.41, 5.74) is 0.789. The van der Waals surface area contributed by atoms with Gasteiger partial charge in [-0.2, -0.15) is 4.98 Å². The molecule has 2 heterocycles. The smallest absolute Gasteiger partial charge is 0.243 e. The van der Waals surface area contributed by atoms with Crippen molar-refractivity contribution in [2.75, 3.05) is 11.9 Å². The minimum atomic E-state index is -0.284. The highest BCUT2D eigenvalue weighted by atomic mass is 79.9. The first-order chi connectivity index (χ1) is 8.22. The van der Waals surface area contributed by atoms with E-state index in [2.05, 4.69) is 31.3 Å². The average Bonchev–Trinajstić information content (AvgIpc) is 3.07. The molecule has 0 aliphatic heterocycles.